The molecule has 2 atom stereocenters. The minimum absolute atomic E-state index is 0.00885. The smallest absolute Gasteiger partial charge is 0.119 e. The van der Waals surface area contributed by atoms with E-state index in [4.69, 9.17) is 15.2 Å². The van der Waals surface area contributed by atoms with Crippen molar-refractivity contribution in [3.63, 3.8) is 0 Å². The number of ether oxygens (including phenoxy) is 2. The molecule has 112 valence electrons. The molecular formula is C15H23BrN2O2. The minimum Gasteiger partial charge on any atom is -0.497 e. The molecule has 1 fully saturated rings. The van der Waals surface area contributed by atoms with E-state index in [1.165, 1.54) is 5.56 Å². The van der Waals surface area contributed by atoms with Crippen LogP contribution in [-0.4, -0.2) is 43.9 Å². The maximum absolute atomic E-state index is 5.92. The fraction of sp³-hybridized carbons (Fsp3) is 0.600. The number of halogens is 1. The van der Waals surface area contributed by atoms with Gasteiger partial charge in [0.25, 0.3) is 0 Å². The average molecular weight is 343 g/mol. The monoisotopic (exact) mass is 342 g/mol. The number of rotatable bonds is 4. The Morgan fingerprint density at radius 3 is 2.85 bits per heavy atom. The summed E-state index contributed by atoms with van der Waals surface area (Å²) in [5.41, 5.74) is 7.09. The highest BCUT2D eigenvalue weighted by Gasteiger charge is 2.35. The van der Waals surface area contributed by atoms with Crippen molar-refractivity contribution < 1.29 is 9.47 Å². The number of morpholine rings is 1. The summed E-state index contributed by atoms with van der Waals surface area (Å²) in [6.45, 7) is 6.58. The van der Waals surface area contributed by atoms with Crippen molar-refractivity contribution in [1.29, 1.82) is 0 Å². The second-order valence-corrected chi connectivity index (χ2v) is 6.16. The number of nitrogens with two attached hydrogens (primary N) is 1. The maximum atomic E-state index is 5.92. The summed E-state index contributed by atoms with van der Waals surface area (Å²) < 4.78 is 12.3. The molecule has 0 bridgehead atoms. The highest BCUT2D eigenvalue weighted by Crippen LogP contribution is 2.36. The Bertz CT molecular complexity index is 453. The van der Waals surface area contributed by atoms with Crippen molar-refractivity contribution in [1.82, 2.24) is 4.90 Å². The van der Waals surface area contributed by atoms with Crippen molar-refractivity contribution in [2.24, 2.45) is 5.73 Å². The van der Waals surface area contributed by atoms with Crippen LogP contribution >= 0.6 is 15.9 Å². The molecule has 1 aliphatic heterocycles. The van der Waals surface area contributed by atoms with Gasteiger partial charge in [-0.1, -0.05) is 15.9 Å². The van der Waals surface area contributed by atoms with Crippen LogP contribution in [-0.2, 0) is 4.74 Å². The molecule has 2 N–H and O–H groups in total. The lowest BCUT2D eigenvalue weighted by molar-refractivity contribution is -0.0791. The van der Waals surface area contributed by atoms with Gasteiger partial charge in [-0.2, -0.15) is 0 Å². The lowest BCUT2D eigenvalue weighted by Crippen LogP contribution is -2.50. The third kappa shape index (κ3) is 3.17. The number of hydrogen-bond donors (Lipinski definition) is 1. The first-order valence-corrected chi connectivity index (χ1v) is 7.78. The summed E-state index contributed by atoms with van der Waals surface area (Å²) in [5, 5.41) is 0. The number of hydrogen-bond acceptors (Lipinski definition) is 4. The molecule has 1 saturated heterocycles. The van der Waals surface area contributed by atoms with E-state index in [1.54, 1.807) is 7.11 Å². The van der Waals surface area contributed by atoms with Gasteiger partial charge in [0.1, 0.15) is 5.75 Å². The largest absolute Gasteiger partial charge is 0.497 e. The molecule has 0 spiro atoms. The molecule has 20 heavy (non-hydrogen) atoms. The van der Waals surface area contributed by atoms with Crippen molar-refractivity contribution >= 4 is 15.9 Å². The van der Waals surface area contributed by atoms with Crippen LogP contribution in [0.25, 0.3) is 0 Å². The highest BCUT2D eigenvalue weighted by molar-refractivity contribution is 9.10. The minimum atomic E-state index is 0.00885. The molecule has 1 aliphatic rings. The van der Waals surface area contributed by atoms with Crippen LogP contribution in [0.15, 0.2) is 22.7 Å². The predicted octanol–water partition coefficient (Wildman–Crippen LogP) is 2.57. The second-order valence-electron chi connectivity index (χ2n) is 5.31. The first kappa shape index (κ1) is 15.8. The zero-order valence-corrected chi connectivity index (χ0v) is 13.9. The summed E-state index contributed by atoms with van der Waals surface area (Å²) in [7, 11) is 1.69. The van der Waals surface area contributed by atoms with E-state index in [0.717, 1.165) is 23.4 Å². The zero-order valence-electron chi connectivity index (χ0n) is 12.3. The molecule has 0 saturated carbocycles. The average Bonchev–Trinajstić information content (AvgIpc) is 2.47. The van der Waals surface area contributed by atoms with Crippen LogP contribution in [0.4, 0.5) is 0 Å². The summed E-state index contributed by atoms with van der Waals surface area (Å²) in [6.07, 6.45) is 0.00885. The van der Waals surface area contributed by atoms with Gasteiger partial charge in [-0.05, 0) is 37.6 Å². The van der Waals surface area contributed by atoms with Gasteiger partial charge >= 0.3 is 0 Å². The molecule has 2 rings (SSSR count). The standard InChI is InChI=1S/C15H23BrN2O2/c1-10(2)18-6-7-20-14(9-17)15(18)12-8-11(19-3)4-5-13(12)16/h4-5,8,10,14-15H,6-7,9,17H2,1-3H3. The molecular weight excluding hydrogens is 320 g/mol. The lowest BCUT2D eigenvalue weighted by Gasteiger charge is -2.43. The van der Waals surface area contributed by atoms with Gasteiger partial charge in [0.2, 0.25) is 0 Å². The first-order valence-electron chi connectivity index (χ1n) is 6.99. The molecule has 1 aromatic carbocycles. The van der Waals surface area contributed by atoms with E-state index in [9.17, 15) is 0 Å². The Balaban J connectivity index is 2.42. The molecule has 1 aromatic rings. The van der Waals surface area contributed by atoms with Gasteiger partial charge in [0.15, 0.2) is 0 Å². The van der Waals surface area contributed by atoms with E-state index in [0.29, 0.717) is 12.6 Å². The molecule has 1 heterocycles. The molecule has 4 nitrogen and oxygen atoms in total. The third-order valence-corrected chi connectivity index (χ3v) is 4.53. The number of benzene rings is 1. The van der Waals surface area contributed by atoms with E-state index in [1.807, 2.05) is 12.1 Å². The Kier molecular flexibility index (Phi) is 5.43. The molecule has 0 radical (unpaired) electrons. The van der Waals surface area contributed by atoms with Crippen LogP contribution in [0.3, 0.4) is 0 Å². The van der Waals surface area contributed by atoms with E-state index >= 15 is 0 Å². The maximum Gasteiger partial charge on any atom is 0.119 e. The van der Waals surface area contributed by atoms with Crippen LogP contribution in [0.2, 0.25) is 0 Å². The third-order valence-electron chi connectivity index (χ3n) is 3.81. The summed E-state index contributed by atoms with van der Waals surface area (Å²) in [6, 6.07) is 6.64. The highest BCUT2D eigenvalue weighted by atomic mass is 79.9. The summed E-state index contributed by atoms with van der Waals surface area (Å²) in [5.74, 6) is 0.855. The molecule has 0 aliphatic carbocycles. The predicted molar refractivity (Wildman–Crippen MR) is 84.1 cm³/mol. The van der Waals surface area contributed by atoms with Gasteiger partial charge in [-0.25, -0.2) is 0 Å². The van der Waals surface area contributed by atoms with Gasteiger partial charge in [-0.15, -0.1) is 0 Å². The van der Waals surface area contributed by atoms with Crippen LogP contribution in [0.5, 0.6) is 5.75 Å². The quantitative estimate of drug-likeness (QED) is 0.913. The van der Waals surface area contributed by atoms with Crippen LogP contribution in [0.1, 0.15) is 25.5 Å². The lowest BCUT2D eigenvalue weighted by atomic mass is 9.96. The fourth-order valence-corrected chi connectivity index (χ4v) is 3.27. The van der Waals surface area contributed by atoms with Crippen molar-refractivity contribution in [2.45, 2.75) is 32.0 Å². The van der Waals surface area contributed by atoms with Gasteiger partial charge < -0.3 is 15.2 Å². The fourth-order valence-electron chi connectivity index (χ4n) is 2.78. The Labute approximate surface area is 129 Å². The summed E-state index contributed by atoms with van der Waals surface area (Å²) >= 11 is 3.65. The molecule has 5 heteroatoms. The Morgan fingerprint density at radius 2 is 2.25 bits per heavy atom. The SMILES string of the molecule is COc1ccc(Br)c(C2C(CN)OCCN2C(C)C)c1. The normalized spacial score (nSPS) is 24.1. The van der Waals surface area contributed by atoms with Crippen LogP contribution in [0, 0.1) is 0 Å². The van der Waals surface area contributed by atoms with Crippen LogP contribution < -0.4 is 10.5 Å². The van der Waals surface area contributed by atoms with Gasteiger partial charge in [0.05, 0.1) is 25.9 Å². The van der Waals surface area contributed by atoms with Gasteiger partial charge in [-0.3, -0.25) is 4.90 Å². The molecule has 2 unspecified atom stereocenters. The van der Waals surface area contributed by atoms with Crippen molar-refractivity contribution in [3.8, 4) is 5.75 Å². The molecule has 0 aromatic heterocycles. The zero-order chi connectivity index (χ0) is 14.7. The Hall–Kier alpha value is -0.620. The van der Waals surface area contributed by atoms with Gasteiger partial charge in [0, 0.05) is 23.6 Å². The number of methoxy groups -OCH3 is 1. The van der Waals surface area contributed by atoms with E-state index in [2.05, 4.69) is 40.7 Å². The van der Waals surface area contributed by atoms with E-state index < -0.39 is 0 Å². The number of nitrogens with zero attached hydrogens (tertiary/aromatic N) is 1. The van der Waals surface area contributed by atoms with Crippen molar-refractivity contribution in [2.75, 3.05) is 26.8 Å². The Morgan fingerprint density at radius 1 is 1.50 bits per heavy atom. The molecule has 0 amide bonds. The first-order chi connectivity index (χ1) is 9.58. The van der Waals surface area contributed by atoms with Crippen molar-refractivity contribution in [3.05, 3.63) is 28.2 Å². The topological polar surface area (TPSA) is 47.7 Å². The summed E-state index contributed by atoms with van der Waals surface area (Å²) in [4.78, 5) is 2.44. The second kappa shape index (κ2) is 6.89. The van der Waals surface area contributed by atoms with E-state index in [-0.39, 0.29) is 12.1 Å².